The highest BCUT2D eigenvalue weighted by molar-refractivity contribution is 5.68. The van der Waals surface area contributed by atoms with Crippen LogP contribution in [0.25, 0.3) is 0 Å². The van der Waals surface area contributed by atoms with Crippen molar-refractivity contribution in [2.24, 2.45) is 5.92 Å². The van der Waals surface area contributed by atoms with E-state index in [0.717, 1.165) is 32.4 Å². The highest BCUT2D eigenvalue weighted by Crippen LogP contribution is 2.34. The van der Waals surface area contributed by atoms with Crippen molar-refractivity contribution in [3.63, 3.8) is 0 Å². The van der Waals surface area contributed by atoms with Crippen LogP contribution in [0, 0.1) is 5.92 Å². The second-order valence-corrected chi connectivity index (χ2v) is 6.27. The first-order chi connectivity index (χ1) is 9.04. The molecule has 1 fully saturated rings. The lowest BCUT2D eigenvalue weighted by molar-refractivity contribution is -0.141. The summed E-state index contributed by atoms with van der Waals surface area (Å²) in [6.07, 6.45) is 8.45. The molecule has 112 valence electrons. The minimum absolute atomic E-state index is 0.119. The van der Waals surface area contributed by atoms with E-state index in [4.69, 9.17) is 0 Å². The smallest absolute Gasteiger partial charge is 0.305 e. The third-order valence-electron chi connectivity index (χ3n) is 4.84. The molecule has 0 aromatic carbocycles. The molecule has 0 aromatic heterocycles. The molecule has 2 atom stereocenters. The molecule has 0 amide bonds. The molecule has 1 saturated heterocycles. The van der Waals surface area contributed by atoms with Gasteiger partial charge in [-0.15, -0.1) is 0 Å². The summed E-state index contributed by atoms with van der Waals surface area (Å²) < 4.78 is 0. The van der Waals surface area contributed by atoms with Crippen molar-refractivity contribution >= 4 is 5.97 Å². The quantitative estimate of drug-likeness (QED) is 0.761. The fourth-order valence-electron chi connectivity index (χ4n) is 3.43. The Morgan fingerprint density at radius 3 is 2.21 bits per heavy atom. The van der Waals surface area contributed by atoms with E-state index in [2.05, 4.69) is 25.7 Å². The zero-order valence-electron chi connectivity index (χ0n) is 13.0. The second kappa shape index (κ2) is 7.88. The Morgan fingerprint density at radius 2 is 1.79 bits per heavy atom. The Hall–Kier alpha value is -0.570. The zero-order valence-corrected chi connectivity index (χ0v) is 13.0. The van der Waals surface area contributed by atoms with Gasteiger partial charge in [0.1, 0.15) is 0 Å². The van der Waals surface area contributed by atoms with Crippen molar-refractivity contribution in [1.29, 1.82) is 0 Å². The zero-order chi connectivity index (χ0) is 14.3. The summed E-state index contributed by atoms with van der Waals surface area (Å²) in [6.45, 7) is 8.78. The number of hydrogen-bond acceptors (Lipinski definition) is 2. The number of hydrogen-bond donors (Lipinski definition) is 1. The first-order valence-corrected chi connectivity index (χ1v) is 8.01. The monoisotopic (exact) mass is 269 g/mol. The van der Waals surface area contributed by atoms with Gasteiger partial charge in [-0.2, -0.15) is 0 Å². The van der Waals surface area contributed by atoms with Crippen LogP contribution in [0.4, 0.5) is 0 Å². The Balaban J connectivity index is 2.88. The van der Waals surface area contributed by atoms with E-state index in [1.165, 1.54) is 25.7 Å². The molecule has 19 heavy (non-hydrogen) atoms. The van der Waals surface area contributed by atoms with Gasteiger partial charge in [-0.3, -0.25) is 9.69 Å². The fraction of sp³-hybridized carbons (Fsp3) is 0.938. The number of carbonyl (C=O) groups is 1. The van der Waals surface area contributed by atoms with Crippen molar-refractivity contribution in [3.05, 3.63) is 0 Å². The molecule has 1 rings (SSSR count). The maximum atomic E-state index is 11.3. The fourth-order valence-corrected chi connectivity index (χ4v) is 3.43. The predicted octanol–water partition coefficient (Wildman–Crippen LogP) is 3.92. The van der Waals surface area contributed by atoms with Gasteiger partial charge in [0.2, 0.25) is 0 Å². The highest BCUT2D eigenvalue weighted by Gasteiger charge is 2.38. The molecule has 1 aliphatic rings. The Bertz CT molecular complexity index is 272. The molecule has 0 aliphatic carbocycles. The first-order valence-electron chi connectivity index (χ1n) is 8.01. The summed E-state index contributed by atoms with van der Waals surface area (Å²) >= 11 is 0. The topological polar surface area (TPSA) is 40.5 Å². The summed E-state index contributed by atoms with van der Waals surface area (Å²) in [5.41, 5.74) is -0.119. The van der Waals surface area contributed by atoms with Crippen LogP contribution in [0.2, 0.25) is 0 Å². The summed E-state index contributed by atoms with van der Waals surface area (Å²) in [5, 5.41) is 9.34. The second-order valence-electron chi connectivity index (χ2n) is 6.27. The van der Waals surface area contributed by atoms with Crippen LogP contribution in [0.5, 0.6) is 0 Å². The molecule has 1 aliphatic heterocycles. The maximum absolute atomic E-state index is 11.3. The van der Waals surface area contributed by atoms with Crippen molar-refractivity contribution in [3.8, 4) is 0 Å². The van der Waals surface area contributed by atoms with E-state index in [9.17, 15) is 9.90 Å². The number of aliphatic carboxylic acids is 1. The van der Waals surface area contributed by atoms with Crippen LogP contribution in [-0.2, 0) is 4.79 Å². The van der Waals surface area contributed by atoms with Crippen LogP contribution in [0.3, 0.4) is 0 Å². The molecule has 3 heteroatoms. The molecule has 3 nitrogen and oxygen atoms in total. The minimum Gasteiger partial charge on any atom is -0.481 e. The van der Waals surface area contributed by atoms with Gasteiger partial charge in [-0.25, -0.2) is 0 Å². The molecule has 0 radical (unpaired) electrons. The summed E-state index contributed by atoms with van der Waals surface area (Å²) in [5.74, 6) is -0.0445. The van der Waals surface area contributed by atoms with Crippen molar-refractivity contribution < 1.29 is 9.90 Å². The third-order valence-corrected chi connectivity index (χ3v) is 4.84. The van der Waals surface area contributed by atoms with E-state index in [0.29, 0.717) is 12.3 Å². The average molecular weight is 269 g/mol. The summed E-state index contributed by atoms with van der Waals surface area (Å²) in [4.78, 5) is 13.8. The SMILES string of the molecule is CCC(C)CC(CC)(CC(=O)O)N1CCCCCC1. The lowest BCUT2D eigenvalue weighted by atomic mass is 9.80. The van der Waals surface area contributed by atoms with Gasteiger partial charge < -0.3 is 5.11 Å². The van der Waals surface area contributed by atoms with Gasteiger partial charge in [0.05, 0.1) is 6.42 Å². The molecule has 0 saturated carbocycles. The third kappa shape index (κ3) is 4.79. The molecular weight excluding hydrogens is 238 g/mol. The molecule has 0 aromatic rings. The molecular formula is C16H31NO2. The largest absolute Gasteiger partial charge is 0.481 e. The van der Waals surface area contributed by atoms with Crippen molar-refractivity contribution in [2.45, 2.75) is 77.7 Å². The van der Waals surface area contributed by atoms with Gasteiger partial charge in [0, 0.05) is 5.54 Å². The van der Waals surface area contributed by atoms with Crippen LogP contribution < -0.4 is 0 Å². The number of nitrogens with zero attached hydrogens (tertiary/aromatic N) is 1. The Labute approximate surface area is 118 Å². The van der Waals surface area contributed by atoms with Crippen LogP contribution in [-0.4, -0.2) is 34.6 Å². The number of carboxylic acids is 1. The number of carboxylic acid groups (broad SMARTS) is 1. The predicted molar refractivity (Wildman–Crippen MR) is 79.4 cm³/mol. The lowest BCUT2D eigenvalue weighted by Gasteiger charge is -2.44. The molecule has 1 heterocycles. The molecule has 0 bridgehead atoms. The Kier molecular flexibility index (Phi) is 6.84. The number of rotatable bonds is 7. The van der Waals surface area contributed by atoms with Gasteiger partial charge in [0.15, 0.2) is 0 Å². The molecule has 1 N–H and O–H groups in total. The van der Waals surface area contributed by atoms with Gasteiger partial charge in [0.25, 0.3) is 0 Å². The van der Waals surface area contributed by atoms with Gasteiger partial charge >= 0.3 is 5.97 Å². The normalized spacial score (nSPS) is 22.5. The maximum Gasteiger partial charge on any atom is 0.305 e. The highest BCUT2D eigenvalue weighted by atomic mass is 16.4. The standard InChI is InChI=1S/C16H31NO2/c1-4-14(3)12-16(5-2,13-15(18)19)17-10-8-6-7-9-11-17/h14H,4-13H2,1-3H3,(H,18,19). The molecule has 2 unspecified atom stereocenters. The van der Waals surface area contributed by atoms with Gasteiger partial charge in [-0.1, -0.05) is 40.0 Å². The van der Waals surface area contributed by atoms with E-state index in [1.807, 2.05) is 0 Å². The lowest BCUT2D eigenvalue weighted by Crippen LogP contribution is -2.51. The van der Waals surface area contributed by atoms with Crippen LogP contribution >= 0.6 is 0 Å². The van der Waals surface area contributed by atoms with E-state index in [-0.39, 0.29) is 5.54 Å². The minimum atomic E-state index is -0.644. The van der Waals surface area contributed by atoms with Crippen molar-refractivity contribution in [1.82, 2.24) is 4.90 Å². The van der Waals surface area contributed by atoms with Crippen molar-refractivity contribution in [2.75, 3.05) is 13.1 Å². The summed E-state index contributed by atoms with van der Waals surface area (Å²) in [6, 6.07) is 0. The van der Waals surface area contributed by atoms with Crippen LogP contribution in [0.15, 0.2) is 0 Å². The first kappa shape index (κ1) is 16.5. The van der Waals surface area contributed by atoms with Gasteiger partial charge in [-0.05, 0) is 44.7 Å². The molecule has 0 spiro atoms. The van der Waals surface area contributed by atoms with E-state index >= 15 is 0 Å². The summed E-state index contributed by atoms with van der Waals surface area (Å²) in [7, 11) is 0. The average Bonchev–Trinajstić information content (AvgIpc) is 2.66. The van der Waals surface area contributed by atoms with E-state index in [1.54, 1.807) is 0 Å². The Morgan fingerprint density at radius 1 is 1.21 bits per heavy atom. The van der Waals surface area contributed by atoms with Crippen LogP contribution in [0.1, 0.15) is 72.1 Å². The number of likely N-dealkylation sites (tertiary alicyclic amines) is 1. The van der Waals surface area contributed by atoms with E-state index < -0.39 is 5.97 Å².